The standard InChI is InChI=1S/C13H12N2O4S/c1-13(2,12(16)17)20-10-6-7-14-11-8(10)4-3-5-9(11)15(18)19/h3-7H,1-2H3,(H,16,17). The highest BCUT2D eigenvalue weighted by Gasteiger charge is 2.29. The maximum Gasteiger partial charge on any atom is 0.319 e. The molecule has 7 heteroatoms. The van der Waals surface area contributed by atoms with Crippen molar-refractivity contribution in [2.24, 2.45) is 0 Å². The highest BCUT2D eigenvalue weighted by Crippen LogP contribution is 2.38. The van der Waals surface area contributed by atoms with Gasteiger partial charge in [-0.25, -0.2) is 4.98 Å². The summed E-state index contributed by atoms with van der Waals surface area (Å²) in [6, 6.07) is 6.32. The van der Waals surface area contributed by atoms with E-state index in [9.17, 15) is 20.0 Å². The minimum atomic E-state index is -1.03. The third kappa shape index (κ3) is 2.57. The molecule has 0 saturated heterocycles. The van der Waals surface area contributed by atoms with Crippen LogP contribution >= 0.6 is 11.8 Å². The summed E-state index contributed by atoms with van der Waals surface area (Å²) in [5.41, 5.74) is 0.182. The number of benzene rings is 1. The van der Waals surface area contributed by atoms with Crippen molar-refractivity contribution in [1.82, 2.24) is 4.98 Å². The number of para-hydroxylation sites is 1. The third-order valence-electron chi connectivity index (χ3n) is 2.79. The van der Waals surface area contributed by atoms with Gasteiger partial charge in [0.2, 0.25) is 0 Å². The van der Waals surface area contributed by atoms with Crippen molar-refractivity contribution in [1.29, 1.82) is 0 Å². The number of carboxylic acids is 1. The lowest BCUT2D eigenvalue weighted by atomic mass is 10.2. The normalized spacial score (nSPS) is 11.5. The van der Waals surface area contributed by atoms with Gasteiger partial charge >= 0.3 is 5.97 Å². The van der Waals surface area contributed by atoms with E-state index in [0.29, 0.717) is 10.3 Å². The van der Waals surface area contributed by atoms with Gasteiger partial charge in [-0.15, -0.1) is 11.8 Å². The van der Waals surface area contributed by atoms with E-state index in [0.717, 1.165) is 11.8 Å². The summed E-state index contributed by atoms with van der Waals surface area (Å²) < 4.78 is -1.03. The fourth-order valence-electron chi connectivity index (χ4n) is 1.69. The zero-order valence-electron chi connectivity index (χ0n) is 10.9. The van der Waals surface area contributed by atoms with Crippen LogP contribution < -0.4 is 0 Å². The zero-order chi connectivity index (χ0) is 14.9. The topological polar surface area (TPSA) is 93.3 Å². The summed E-state index contributed by atoms with van der Waals surface area (Å²) in [6.07, 6.45) is 1.45. The number of pyridine rings is 1. The van der Waals surface area contributed by atoms with E-state index in [1.165, 1.54) is 12.3 Å². The van der Waals surface area contributed by atoms with Crippen LogP contribution in [0.3, 0.4) is 0 Å². The van der Waals surface area contributed by atoms with E-state index in [1.54, 1.807) is 32.0 Å². The number of rotatable bonds is 4. The summed E-state index contributed by atoms with van der Waals surface area (Å²) in [5.74, 6) is -0.946. The van der Waals surface area contributed by atoms with E-state index in [2.05, 4.69) is 4.98 Å². The van der Waals surface area contributed by atoms with Gasteiger partial charge < -0.3 is 5.11 Å². The number of fused-ring (bicyclic) bond motifs is 1. The maximum absolute atomic E-state index is 11.2. The van der Waals surface area contributed by atoms with Crippen LogP contribution in [0, 0.1) is 10.1 Å². The number of nitro groups is 1. The Morgan fingerprint density at radius 2 is 2.10 bits per heavy atom. The van der Waals surface area contributed by atoms with E-state index < -0.39 is 15.6 Å². The van der Waals surface area contributed by atoms with Crippen molar-refractivity contribution in [3.63, 3.8) is 0 Å². The number of thioether (sulfide) groups is 1. The molecule has 1 heterocycles. The van der Waals surface area contributed by atoms with Crippen LogP contribution in [0.2, 0.25) is 0 Å². The average molecular weight is 292 g/mol. The van der Waals surface area contributed by atoms with Crippen LogP contribution in [0.4, 0.5) is 5.69 Å². The number of non-ortho nitro benzene ring substituents is 1. The molecule has 20 heavy (non-hydrogen) atoms. The molecule has 0 saturated carbocycles. The second-order valence-electron chi connectivity index (χ2n) is 4.66. The van der Waals surface area contributed by atoms with E-state index >= 15 is 0 Å². The number of hydrogen-bond acceptors (Lipinski definition) is 5. The molecule has 0 aliphatic heterocycles. The largest absolute Gasteiger partial charge is 0.480 e. The molecule has 1 N–H and O–H groups in total. The van der Waals surface area contributed by atoms with Crippen LogP contribution in [0.25, 0.3) is 10.9 Å². The van der Waals surface area contributed by atoms with E-state index in [-0.39, 0.29) is 11.2 Å². The summed E-state index contributed by atoms with van der Waals surface area (Å²) in [5, 5.41) is 20.7. The first-order valence-electron chi connectivity index (χ1n) is 5.77. The second kappa shape index (κ2) is 5.09. The van der Waals surface area contributed by atoms with Gasteiger partial charge in [-0.3, -0.25) is 14.9 Å². The SMILES string of the molecule is CC(C)(Sc1ccnc2c([N+](=O)[O-])cccc12)C(=O)O. The maximum atomic E-state index is 11.2. The lowest BCUT2D eigenvalue weighted by Gasteiger charge is -2.19. The van der Waals surface area contributed by atoms with Gasteiger partial charge in [-0.1, -0.05) is 12.1 Å². The number of nitrogens with zero attached hydrogens (tertiary/aromatic N) is 2. The van der Waals surface area contributed by atoms with Gasteiger partial charge in [-0.2, -0.15) is 0 Å². The van der Waals surface area contributed by atoms with Crippen LogP contribution in [-0.4, -0.2) is 25.7 Å². The van der Waals surface area contributed by atoms with Crippen molar-refractivity contribution < 1.29 is 14.8 Å². The van der Waals surface area contributed by atoms with Crippen molar-refractivity contribution in [2.45, 2.75) is 23.5 Å². The minimum absolute atomic E-state index is 0.0851. The lowest BCUT2D eigenvalue weighted by Crippen LogP contribution is -2.26. The number of hydrogen-bond donors (Lipinski definition) is 1. The number of aliphatic carboxylic acids is 1. The van der Waals surface area contributed by atoms with E-state index in [4.69, 9.17) is 0 Å². The average Bonchev–Trinajstić information content (AvgIpc) is 2.37. The molecule has 0 fully saturated rings. The van der Waals surface area contributed by atoms with Crippen LogP contribution in [0.5, 0.6) is 0 Å². The fraction of sp³-hybridized carbons (Fsp3) is 0.231. The summed E-state index contributed by atoms with van der Waals surface area (Å²) >= 11 is 1.14. The molecule has 0 aliphatic carbocycles. The number of carboxylic acid groups (broad SMARTS) is 1. The molecule has 6 nitrogen and oxygen atoms in total. The Bertz CT molecular complexity index is 700. The first-order valence-corrected chi connectivity index (χ1v) is 6.59. The second-order valence-corrected chi connectivity index (χ2v) is 6.32. The summed E-state index contributed by atoms with van der Waals surface area (Å²) in [7, 11) is 0. The third-order valence-corrected chi connectivity index (χ3v) is 4.05. The van der Waals surface area contributed by atoms with Crippen LogP contribution in [0.1, 0.15) is 13.8 Å². The number of carbonyl (C=O) groups is 1. The Morgan fingerprint density at radius 1 is 1.40 bits per heavy atom. The van der Waals surface area contributed by atoms with Gasteiger partial charge in [-0.05, 0) is 19.9 Å². The first-order chi connectivity index (χ1) is 9.33. The molecule has 1 aromatic carbocycles. The van der Waals surface area contributed by atoms with Gasteiger partial charge in [0.1, 0.15) is 10.3 Å². The zero-order valence-corrected chi connectivity index (χ0v) is 11.7. The lowest BCUT2D eigenvalue weighted by molar-refractivity contribution is -0.383. The minimum Gasteiger partial charge on any atom is -0.480 e. The van der Waals surface area contributed by atoms with Gasteiger partial charge in [0.15, 0.2) is 0 Å². The molecule has 0 spiro atoms. The fourth-order valence-corrected chi connectivity index (χ4v) is 2.73. The highest BCUT2D eigenvalue weighted by atomic mass is 32.2. The van der Waals surface area contributed by atoms with Gasteiger partial charge in [0, 0.05) is 22.5 Å². The monoisotopic (exact) mass is 292 g/mol. The molecule has 0 atom stereocenters. The van der Waals surface area contributed by atoms with Crippen molar-refractivity contribution in [2.75, 3.05) is 0 Å². The quantitative estimate of drug-likeness (QED) is 0.528. The molecular weight excluding hydrogens is 280 g/mol. The van der Waals surface area contributed by atoms with Gasteiger partial charge in [0.05, 0.1) is 4.92 Å². The molecule has 104 valence electrons. The highest BCUT2D eigenvalue weighted by molar-refractivity contribution is 8.01. The number of nitro benzene ring substituents is 1. The molecule has 2 aromatic rings. The Kier molecular flexibility index (Phi) is 3.63. The predicted molar refractivity (Wildman–Crippen MR) is 76.0 cm³/mol. The molecule has 0 radical (unpaired) electrons. The molecule has 0 unspecified atom stereocenters. The summed E-state index contributed by atoms with van der Waals surface area (Å²) in [4.78, 5) is 26.4. The predicted octanol–water partition coefficient (Wildman–Crippen LogP) is 3.10. The van der Waals surface area contributed by atoms with Crippen molar-refractivity contribution >= 4 is 34.3 Å². The molecule has 0 amide bonds. The Hall–Kier alpha value is -2.15. The van der Waals surface area contributed by atoms with Crippen molar-refractivity contribution in [3.05, 3.63) is 40.6 Å². The molecule has 0 bridgehead atoms. The van der Waals surface area contributed by atoms with Crippen molar-refractivity contribution in [3.8, 4) is 0 Å². The Labute approximate surface area is 119 Å². The smallest absolute Gasteiger partial charge is 0.319 e. The summed E-state index contributed by atoms with van der Waals surface area (Å²) in [6.45, 7) is 3.17. The Morgan fingerprint density at radius 3 is 2.70 bits per heavy atom. The molecule has 1 aromatic heterocycles. The van der Waals surface area contributed by atoms with Crippen LogP contribution in [0.15, 0.2) is 35.4 Å². The van der Waals surface area contributed by atoms with Gasteiger partial charge in [0.25, 0.3) is 5.69 Å². The molecule has 0 aliphatic rings. The molecule has 2 rings (SSSR count). The Balaban J connectivity index is 2.59. The van der Waals surface area contributed by atoms with E-state index in [1.807, 2.05) is 0 Å². The number of aromatic nitrogens is 1. The first kappa shape index (κ1) is 14.3. The van der Waals surface area contributed by atoms with Crippen LogP contribution in [-0.2, 0) is 4.79 Å². The molecular formula is C13H12N2O4S.